The molecule has 0 spiro atoms. The molecular formula is C16H22N4O2. The van der Waals surface area contributed by atoms with E-state index in [-0.39, 0.29) is 0 Å². The maximum atomic E-state index is 11.6. The maximum Gasteiger partial charge on any atom is 0.407 e. The second-order valence-electron chi connectivity index (χ2n) is 6.16. The van der Waals surface area contributed by atoms with E-state index in [9.17, 15) is 4.79 Å². The fourth-order valence-electron chi connectivity index (χ4n) is 2.02. The Bertz CT molecular complexity index is 654. The van der Waals surface area contributed by atoms with Crippen LogP contribution >= 0.6 is 0 Å². The highest BCUT2D eigenvalue weighted by molar-refractivity contribution is 5.67. The Morgan fingerprint density at radius 2 is 1.91 bits per heavy atom. The minimum Gasteiger partial charge on any atom is -0.444 e. The van der Waals surface area contributed by atoms with Crippen LogP contribution in [0.2, 0.25) is 0 Å². The number of nitrogens with zero attached hydrogens (tertiary/aromatic N) is 3. The van der Waals surface area contributed by atoms with Gasteiger partial charge < -0.3 is 10.1 Å². The average molecular weight is 302 g/mol. The van der Waals surface area contributed by atoms with Gasteiger partial charge in [0.2, 0.25) is 0 Å². The monoisotopic (exact) mass is 302 g/mol. The molecule has 1 aromatic heterocycles. The number of aromatic nitrogens is 3. The summed E-state index contributed by atoms with van der Waals surface area (Å²) in [5, 5.41) is 6.97. The van der Waals surface area contributed by atoms with Crippen LogP contribution in [0, 0.1) is 6.92 Å². The van der Waals surface area contributed by atoms with Crippen molar-refractivity contribution in [2.24, 2.45) is 7.05 Å². The summed E-state index contributed by atoms with van der Waals surface area (Å²) in [7, 11) is 1.87. The summed E-state index contributed by atoms with van der Waals surface area (Å²) in [6, 6.07) is 7.85. The molecule has 1 heterocycles. The van der Waals surface area contributed by atoms with E-state index in [4.69, 9.17) is 4.74 Å². The summed E-state index contributed by atoms with van der Waals surface area (Å²) in [5.74, 6) is 1.57. The van der Waals surface area contributed by atoms with E-state index in [2.05, 4.69) is 15.4 Å². The molecule has 1 amide bonds. The fraction of sp³-hybridized carbons (Fsp3) is 0.438. The number of nitrogens with one attached hydrogen (secondary N) is 1. The van der Waals surface area contributed by atoms with Gasteiger partial charge in [0, 0.05) is 19.2 Å². The number of aryl methyl sites for hydroxylation is 2. The van der Waals surface area contributed by atoms with Gasteiger partial charge in [0.15, 0.2) is 5.82 Å². The van der Waals surface area contributed by atoms with E-state index >= 15 is 0 Å². The normalized spacial score (nSPS) is 11.3. The van der Waals surface area contributed by atoms with Crippen LogP contribution in [0.15, 0.2) is 24.3 Å². The molecule has 2 rings (SSSR count). The third-order valence-electron chi connectivity index (χ3n) is 2.92. The van der Waals surface area contributed by atoms with Gasteiger partial charge >= 0.3 is 6.09 Å². The summed E-state index contributed by atoms with van der Waals surface area (Å²) in [5.41, 5.74) is 1.49. The smallest absolute Gasteiger partial charge is 0.407 e. The molecular weight excluding hydrogens is 280 g/mol. The van der Waals surface area contributed by atoms with E-state index in [0.717, 1.165) is 22.8 Å². The van der Waals surface area contributed by atoms with Crippen LogP contribution in [0.4, 0.5) is 4.79 Å². The maximum absolute atomic E-state index is 11.6. The highest BCUT2D eigenvalue weighted by atomic mass is 16.6. The zero-order chi connectivity index (χ0) is 16.3. The first-order chi connectivity index (χ1) is 10.2. The molecule has 0 aliphatic rings. The Morgan fingerprint density at radius 3 is 2.41 bits per heavy atom. The predicted molar refractivity (Wildman–Crippen MR) is 84.2 cm³/mol. The number of benzene rings is 1. The lowest BCUT2D eigenvalue weighted by atomic mass is 10.1. The first-order valence-corrected chi connectivity index (χ1v) is 7.18. The molecule has 0 fully saturated rings. The van der Waals surface area contributed by atoms with E-state index in [0.29, 0.717) is 6.54 Å². The minimum absolute atomic E-state index is 0.416. The Morgan fingerprint density at radius 1 is 1.27 bits per heavy atom. The van der Waals surface area contributed by atoms with Gasteiger partial charge in [0.25, 0.3) is 0 Å². The number of hydrogen-bond acceptors (Lipinski definition) is 4. The lowest BCUT2D eigenvalue weighted by Crippen LogP contribution is -2.32. The van der Waals surface area contributed by atoms with Gasteiger partial charge in [-0.25, -0.2) is 14.5 Å². The number of hydrogen-bond donors (Lipinski definition) is 1. The summed E-state index contributed by atoms with van der Waals surface area (Å²) in [6.07, 6.45) is -0.416. The quantitative estimate of drug-likeness (QED) is 0.946. The number of rotatable bonds is 3. The molecule has 1 aromatic carbocycles. The summed E-state index contributed by atoms with van der Waals surface area (Å²) in [6.45, 7) is 7.80. The number of carbonyl (C=O) groups is 1. The standard InChI is InChI=1S/C16H22N4O2/c1-11-18-14(20(5)19-11)13-8-6-12(7-9-13)10-17-15(21)22-16(2,3)4/h6-9H,10H2,1-5H3,(H,17,21). The van der Waals surface area contributed by atoms with Crippen molar-refractivity contribution >= 4 is 6.09 Å². The fourth-order valence-corrected chi connectivity index (χ4v) is 2.02. The molecule has 6 heteroatoms. The van der Waals surface area contributed by atoms with Crippen LogP contribution in [0.1, 0.15) is 32.2 Å². The Labute approximate surface area is 130 Å². The molecule has 0 unspecified atom stereocenters. The Balaban J connectivity index is 1.98. The van der Waals surface area contributed by atoms with Gasteiger partial charge in [0.1, 0.15) is 11.4 Å². The molecule has 0 saturated heterocycles. The summed E-state index contributed by atoms with van der Waals surface area (Å²) < 4.78 is 6.95. The predicted octanol–water partition coefficient (Wildman–Crippen LogP) is 2.82. The first kappa shape index (κ1) is 16.0. The molecule has 0 aliphatic heterocycles. The molecule has 22 heavy (non-hydrogen) atoms. The molecule has 0 atom stereocenters. The van der Waals surface area contributed by atoms with Gasteiger partial charge in [-0.2, -0.15) is 5.10 Å². The van der Waals surface area contributed by atoms with Crippen molar-refractivity contribution in [2.75, 3.05) is 0 Å². The van der Waals surface area contributed by atoms with Crippen molar-refractivity contribution in [1.29, 1.82) is 0 Å². The van der Waals surface area contributed by atoms with Gasteiger partial charge in [-0.3, -0.25) is 0 Å². The first-order valence-electron chi connectivity index (χ1n) is 7.18. The molecule has 0 aliphatic carbocycles. The summed E-state index contributed by atoms with van der Waals surface area (Å²) >= 11 is 0. The van der Waals surface area contributed by atoms with Crippen molar-refractivity contribution in [1.82, 2.24) is 20.1 Å². The van der Waals surface area contributed by atoms with Crippen LogP contribution < -0.4 is 5.32 Å². The largest absolute Gasteiger partial charge is 0.444 e. The number of amides is 1. The third kappa shape index (κ3) is 4.31. The highest BCUT2D eigenvalue weighted by Gasteiger charge is 2.15. The SMILES string of the molecule is Cc1nc(-c2ccc(CNC(=O)OC(C)(C)C)cc2)n(C)n1. The second-order valence-corrected chi connectivity index (χ2v) is 6.16. The Hall–Kier alpha value is -2.37. The molecule has 0 bridgehead atoms. The zero-order valence-corrected chi connectivity index (χ0v) is 13.7. The number of ether oxygens (including phenoxy) is 1. The third-order valence-corrected chi connectivity index (χ3v) is 2.92. The number of carbonyl (C=O) groups excluding carboxylic acids is 1. The van der Waals surface area contributed by atoms with Gasteiger partial charge in [-0.05, 0) is 33.3 Å². The van der Waals surface area contributed by atoms with Crippen LogP contribution in [-0.2, 0) is 18.3 Å². The molecule has 0 saturated carbocycles. The summed E-state index contributed by atoms with van der Waals surface area (Å²) in [4.78, 5) is 16.0. The molecule has 1 N–H and O–H groups in total. The number of alkyl carbamates (subject to hydrolysis) is 1. The van der Waals surface area contributed by atoms with Crippen LogP contribution in [0.25, 0.3) is 11.4 Å². The molecule has 2 aromatic rings. The second kappa shape index (κ2) is 6.17. The van der Waals surface area contributed by atoms with E-state index < -0.39 is 11.7 Å². The van der Waals surface area contributed by atoms with E-state index in [1.807, 2.05) is 59.0 Å². The van der Waals surface area contributed by atoms with Crippen LogP contribution in [-0.4, -0.2) is 26.5 Å². The Kier molecular flexibility index (Phi) is 4.49. The van der Waals surface area contributed by atoms with Gasteiger partial charge in [-0.1, -0.05) is 24.3 Å². The van der Waals surface area contributed by atoms with Gasteiger partial charge in [-0.15, -0.1) is 0 Å². The van der Waals surface area contributed by atoms with E-state index in [1.165, 1.54) is 0 Å². The van der Waals surface area contributed by atoms with Crippen LogP contribution in [0.3, 0.4) is 0 Å². The lowest BCUT2D eigenvalue weighted by Gasteiger charge is -2.19. The van der Waals surface area contributed by atoms with Gasteiger partial charge in [0.05, 0.1) is 0 Å². The zero-order valence-electron chi connectivity index (χ0n) is 13.7. The molecule has 6 nitrogen and oxygen atoms in total. The molecule has 118 valence electrons. The topological polar surface area (TPSA) is 69.0 Å². The van der Waals surface area contributed by atoms with Crippen LogP contribution in [0.5, 0.6) is 0 Å². The minimum atomic E-state index is -0.489. The average Bonchev–Trinajstić information content (AvgIpc) is 2.74. The van der Waals surface area contributed by atoms with Crippen molar-refractivity contribution in [3.8, 4) is 11.4 Å². The van der Waals surface area contributed by atoms with Crippen molar-refractivity contribution < 1.29 is 9.53 Å². The van der Waals surface area contributed by atoms with Crippen molar-refractivity contribution in [2.45, 2.75) is 39.8 Å². The van der Waals surface area contributed by atoms with E-state index in [1.54, 1.807) is 4.68 Å². The van der Waals surface area contributed by atoms with Crippen molar-refractivity contribution in [3.05, 3.63) is 35.7 Å². The molecule has 0 radical (unpaired) electrons. The highest BCUT2D eigenvalue weighted by Crippen LogP contribution is 2.17. The lowest BCUT2D eigenvalue weighted by molar-refractivity contribution is 0.0523. The van der Waals surface area contributed by atoms with Crippen molar-refractivity contribution in [3.63, 3.8) is 0 Å².